The van der Waals surface area contributed by atoms with Crippen LogP contribution in [-0.4, -0.2) is 48.1 Å². The molecule has 1 saturated carbocycles. The van der Waals surface area contributed by atoms with Crippen molar-refractivity contribution in [3.05, 3.63) is 27.8 Å². The smallest absolute Gasteiger partial charge is 0.326 e. The lowest BCUT2D eigenvalue weighted by molar-refractivity contribution is -0.383. The summed E-state index contributed by atoms with van der Waals surface area (Å²) in [6.07, 6.45) is 2.68. The van der Waals surface area contributed by atoms with Crippen LogP contribution >= 0.6 is 11.7 Å². The van der Waals surface area contributed by atoms with Gasteiger partial charge in [0.05, 0.1) is 16.7 Å². The lowest BCUT2D eigenvalue weighted by Gasteiger charge is -2.24. The molecule has 1 aliphatic heterocycles. The van der Waals surface area contributed by atoms with E-state index in [1.807, 2.05) is 0 Å². The van der Waals surface area contributed by atoms with Gasteiger partial charge in [-0.1, -0.05) is 6.42 Å². The zero-order chi connectivity index (χ0) is 17.7. The van der Waals surface area contributed by atoms with Crippen molar-refractivity contribution in [3.8, 4) is 0 Å². The lowest BCUT2D eigenvalue weighted by Crippen LogP contribution is -2.43. The maximum Gasteiger partial charge on any atom is 0.326 e. The van der Waals surface area contributed by atoms with Gasteiger partial charge >= 0.3 is 5.97 Å². The number of likely N-dealkylation sites (tertiary alicyclic amines) is 1. The highest BCUT2D eigenvalue weighted by Gasteiger charge is 2.49. The summed E-state index contributed by atoms with van der Waals surface area (Å²) in [6.45, 7) is 0.377. The Hall–Kier alpha value is -2.62. The molecule has 0 radical (unpaired) electrons. The first-order chi connectivity index (χ1) is 12.0. The van der Waals surface area contributed by atoms with Crippen LogP contribution in [0.5, 0.6) is 0 Å². The fourth-order valence-electron chi connectivity index (χ4n) is 4.13. The van der Waals surface area contributed by atoms with Crippen molar-refractivity contribution in [2.24, 2.45) is 11.8 Å². The van der Waals surface area contributed by atoms with Gasteiger partial charge in [-0.15, -0.1) is 0 Å². The maximum atomic E-state index is 12.9. The molecule has 10 heteroatoms. The van der Waals surface area contributed by atoms with Crippen LogP contribution in [0.4, 0.5) is 5.69 Å². The second-order valence-electron chi connectivity index (χ2n) is 6.48. The molecule has 2 heterocycles. The monoisotopic (exact) mass is 362 g/mol. The van der Waals surface area contributed by atoms with E-state index >= 15 is 0 Å². The quantitative estimate of drug-likeness (QED) is 0.653. The van der Waals surface area contributed by atoms with E-state index in [2.05, 4.69) is 8.75 Å². The van der Waals surface area contributed by atoms with Crippen molar-refractivity contribution in [2.45, 2.75) is 25.3 Å². The largest absolute Gasteiger partial charge is 0.480 e. The molecule has 3 unspecified atom stereocenters. The van der Waals surface area contributed by atoms with E-state index in [4.69, 9.17) is 0 Å². The molecular weight excluding hydrogens is 348 g/mol. The van der Waals surface area contributed by atoms with Crippen LogP contribution in [0.1, 0.15) is 29.6 Å². The Bertz CT molecular complexity index is 897. The summed E-state index contributed by atoms with van der Waals surface area (Å²) in [5, 5.41) is 20.8. The molecule has 1 saturated heterocycles. The number of carboxylic acids is 1. The lowest BCUT2D eigenvalue weighted by atomic mass is 9.94. The zero-order valence-electron chi connectivity index (χ0n) is 13.0. The third-order valence-electron chi connectivity index (χ3n) is 5.19. The van der Waals surface area contributed by atoms with Gasteiger partial charge in [-0.3, -0.25) is 14.9 Å². The molecule has 3 atom stereocenters. The Balaban J connectivity index is 1.74. The number of nitro benzene ring substituents is 1. The predicted molar refractivity (Wildman–Crippen MR) is 87.4 cm³/mol. The minimum absolute atomic E-state index is 0.0406. The third-order valence-corrected chi connectivity index (χ3v) is 5.73. The van der Waals surface area contributed by atoms with E-state index in [1.54, 1.807) is 0 Å². The summed E-state index contributed by atoms with van der Waals surface area (Å²) < 4.78 is 7.88. The first kappa shape index (κ1) is 15.9. The fraction of sp³-hybridized carbons (Fsp3) is 0.467. The Kier molecular flexibility index (Phi) is 3.64. The second-order valence-corrected chi connectivity index (χ2v) is 7.01. The Labute approximate surface area is 145 Å². The number of hydrogen-bond donors (Lipinski definition) is 1. The number of rotatable bonds is 3. The molecule has 4 rings (SSSR count). The highest BCUT2D eigenvalue weighted by molar-refractivity contribution is 7.00. The summed E-state index contributed by atoms with van der Waals surface area (Å²) in [4.78, 5) is 36.7. The van der Waals surface area contributed by atoms with Crippen LogP contribution in [-0.2, 0) is 4.79 Å². The van der Waals surface area contributed by atoms with E-state index in [0.717, 1.165) is 31.0 Å². The molecule has 1 N–H and O–H groups in total. The normalized spacial score (nSPS) is 25.3. The van der Waals surface area contributed by atoms with Gasteiger partial charge in [-0.2, -0.15) is 8.75 Å². The summed E-state index contributed by atoms with van der Waals surface area (Å²) in [7, 11) is 0. The number of nitro groups is 1. The molecule has 0 spiro atoms. The van der Waals surface area contributed by atoms with Crippen molar-refractivity contribution in [1.29, 1.82) is 0 Å². The number of non-ortho nitro benzene ring substituents is 1. The molecular formula is C15H14N4O5S. The number of nitrogens with zero attached hydrogens (tertiary/aromatic N) is 4. The van der Waals surface area contributed by atoms with Gasteiger partial charge in [0.15, 0.2) is 5.52 Å². The van der Waals surface area contributed by atoms with Crippen LogP contribution < -0.4 is 0 Å². The van der Waals surface area contributed by atoms with E-state index in [-0.39, 0.29) is 34.1 Å². The molecule has 1 amide bonds. The number of aromatic nitrogens is 2. The first-order valence-electron chi connectivity index (χ1n) is 7.92. The minimum atomic E-state index is -1.02. The molecule has 0 bridgehead atoms. The number of carbonyl (C=O) groups is 2. The molecule has 1 aromatic heterocycles. The molecule has 130 valence electrons. The number of carbonyl (C=O) groups excluding carboxylic acids is 1. The van der Waals surface area contributed by atoms with Crippen LogP contribution in [0, 0.1) is 22.0 Å². The van der Waals surface area contributed by atoms with Gasteiger partial charge in [0, 0.05) is 18.2 Å². The number of benzene rings is 1. The summed E-state index contributed by atoms with van der Waals surface area (Å²) >= 11 is 0.833. The van der Waals surface area contributed by atoms with E-state index < -0.39 is 22.8 Å². The number of hydrogen-bond acceptors (Lipinski definition) is 7. The van der Waals surface area contributed by atoms with Crippen LogP contribution in [0.2, 0.25) is 0 Å². The second kappa shape index (κ2) is 5.73. The average molecular weight is 362 g/mol. The SMILES string of the molecule is O=C(O)C1C2CCCC2CN1C(=O)c1cc([N+](=O)[O-])c2nsnc2c1. The minimum Gasteiger partial charge on any atom is -0.480 e. The average Bonchev–Trinajstić information content (AvgIpc) is 3.26. The van der Waals surface area contributed by atoms with Crippen LogP contribution in [0.25, 0.3) is 11.0 Å². The third kappa shape index (κ3) is 2.44. The van der Waals surface area contributed by atoms with E-state index in [9.17, 15) is 24.8 Å². The number of amides is 1. The van der Waals surface area contributed by atoms with Crippen LogP contribution in [0.15, 0.2) is 12.1 Å². The molecule has 25 heavy (non-hydrogen) atoms. The van der Waals surface area contributed by atoms with E-state index in [1.165, 1.54) is 17.0 Å². The molecule has 9 nitrogen and oxygen atoms in total. The zero-order valence-corrected chi connectivity index (χ0v) is 13.8. The molecule has 1 aliphatic carbocycles. The van der Waals surface area contributed by atoms with Gasteiger partial charge in [-0.05, 0) is 30.7 Å². The molecule has 2 fully saturated rings. The molecule has 2 aliphatic rings. The Morgan fingerprint density at radius 1 is 1.32 bits per heavy atom. The van der Waals surface area contributed by atoms with Gasteiger partial charge in [0.25, 0.3) is 11.6 Å². The maximum absolute atomic E-state index is 12.9. The molecule has 2 aromatic rings. The molecule has 1 aromatic carbocycles. The predicted octanol–water partition coefficient (Wildman–Crippen LogP) is 1.92. The van der Waals surface area contributed by atoms with Gasteiger partial charge in [-0.25, -0.2) is 4.79 Å². The van der Waals surface area contributed by atoms with E-state index in [0.29, 0.717) is 6.54 Å². The number of fused-ring (bicyclic) bond motifs is 2. The van der Waals surface area contributed by atoms with Crippen molar-refractivity contribution in [3.63, 3.8) is 0 Å². The summed E-state index contributed by atoms with van der Waals surface area (Å²) in [5.74, 6) is -1.38. The van der Waals surface area contributed by atoms with Crippen molar-refractivity contribution in [1.82, 2.24) is 13.6 Å². The summed E-state index contributed by atoms with van der Waals surface area (Å²) in [5.41, 5.74) is 0.201. The summed E-state index contributed by atoms with van der Waals surface area (Å²) in [6, 6.07) is 1.74. The number of carboxylic acid groups (broad SMARTS) is 1. The van der Waals surface area contributed by atoms with Crippen molar-refractivity contribution < 1.29 is 19.6 Å². The Morgan fingerprint density at radius 2 is 2.12 bits per heavy atom. The van der Waals surface area contributed by atoms with Crippen molar-refractivity contribution >= 4 is 40.3 Å². The fourth-order valence-corrected chi connectivity index (χ4v) is 4.67. The van der Waals surface area contributed by atoms with Crippen molar-refractivity contribution in [2.75, 3.05) is 6.54 Å². The standard InChI is InChI=1S/C15H14N4O5S/c20-14(18-6-7-2-1-3-9(7)13(18)15(21)22)8-4-10-12(17-25-16-10)11(5-8)19(23)24/h4-5,7,9,13H,1-3,6H2,(H,21,22). The topological polar surface area (TPSA) is 127 Å². The van der Waals surface area contributed by atoms with Gasteiger partial charge in [0.2, 0.25) is 0 Å². The highest BCUT2D eigenvalue weighted by atomic mass is 32.1. The first-order valence-corrected chi connectivity index (χ1v) is 8.65. The Morgan fingerprint density at radius 3 is 2.84 bits per heavy atom. The number of aliphatic carboxylic acids is 1. The highest BCUT2D eigenvalue weighted by Crippen LogP contribution is 2.43. The van der Waals surface area contributed by atoms with Gasteiger partial charge < -0.3 is 10.0 Å². The van der Waals surface area contributed by atoms with Gasteiger partial charge in [0.1, 0.15) is 11.6 Å². The van der Waals surface area contributed by atoms with Crippen LogP contribution in [0.3, 0.4) is 0 Å².